The minimum absolute atomic E-state index is 0.00801. The lowest BCUT2D eigenvalue weighted by Gasteiger charge is -2.49. The number of anilines is 1. The molecule has 31 heavy (non-hydrogen) atoms. The molecular formula is C25H33ClN2O3. The molecule has 1 spiro atoms. The summed E-state index contributed by atoms with van der Waals surface area (Å²) in [4.78, 5) is 17.8. The van der Waals surface area contributed by atoms with Crippen LogP contribution in [0.2, 0.25) is 5.02 Å². The summed E-state index contributed by atoms with van der Waals surface area (Å²) in [7, 11) is 0. The Bertz CT molecular complexity index is 870. The number of hydrogen-bond acceptors (Lipinski definition) is 5. The largest absolute Gasteiger partial charge is 0.462 e. The van der Waals surface area contributed by atoms with Crippen LogP contribution in [0.3, 0.4) is 0 Å². The van der Waals surface area contributed by atoms with Crippen LogP contribution in [0.4, 0.5) is 5.69 Å². The van der Waals surface area contributed by atoms with E-state index >= 15 is 0 Å². The molecule has 3 aliphatic heterocycles. The van der Waals surface area contributed by atoms with Gasteiger partial charge in [0.2, 0.25) is 0 Å². The molecule has 2 aliphatic carbocycles. The van der Waals surface area contributed by atoms with Gasteiger partial charge in [0, 0.05) is 54.8 Å². The van der Waals surface area contributed by atoms with E-state index in [0.717, 1.165) is 44.2 Å². The Hall–Kier alpha value is -1.30. The first-order chi connectivity index (χ1) is 14.9. The van der Waals surface area contributed by atoms with Gasteiger partial charge < -0.3 is 14.4 Å². The summed E-state index contributed by atoms with van der Waals surface area (Å²) in [5.41, 5.74) is 1.37. The molecule has 5 nitrogen and oxygen atoms in total. The van der Waals surface area contributed by atoms with Gasteiger partial charge in [0.25, 0.3) is 0 Å². The Kier molecular flexibility index (Phi) is 4.65. The Morgan fingerprint density at radius 2 is 1.90 bits per heavy atom. The second-order valence-corrected chi connectivity index (χ2v) is 11.2. The van der Waals surface area contributed by atoms with Crippen molar-refractivity contribution in [1.29, 1.82) is 0 Å². The minimum Gasteiger partial charge on any atom is -0.462 e. The number of carbonyl (C=O) groups excluding carboxylic acids is 1. The Morgan fingerprint density at radius 3 is 2.65 bits per heavy atom. The summed E-state index contributed by atoms with van der Waals surface area (Å²) in [6, 6.07) is 8.08. The Balaban J connectivity index is 1.14. The van der Waals surface area contributed by atoms with Crippen molar-refractivity contribution in [1.82, 2.24) is 4.90 Å². The lowest BCUT2D eigenvalue weighted by Crippen LogP contribution is -2.55. The highest BCUT2D eigenvalue weighted by Crippen LogP contribution is 2.70. The molecular weight excluding hydrogens is 412 g/mol. The third-order valence-corrected chi connectivity index (χ3v) is 9.46. The summed E-state index contributed by atoms with van der Waals surface area (Å²) in [5.74, 6) is 0.776. The van der Waals surface area contributed by atoms with E-state index in [9.17, 15) is 4.79 Å². The average Bonchev–Trinajstić information content (AvgIpc) is 3.44. The van der Waals surface area contributed by atoms with Crippen LogP contribution in [0.5, 0.6) is 0 Å². The van der Waals surface area contributed by atoms with Crippen LogP contribution in [-0.2, 0) is 14.3 Å². The number of carbonyl (C=O) groups is 1. The summed E-state index contributed by atoms with van der Waals surface area (Å²) >= 11 is 6.03. The van der Waals surface area contributed by atoms with Gasteiger partial charge in [-0.15, -0.1) is 0 Å². The van der Waals surface area contributed by atoms with Crippen molar-refractivity contribution in [3.05, 3.63) is 29.3 Å². The van der Waals surface area contributed by atoms with Gasteiger partial charge in [-0.1, -0.05) is 31.9 Å². The number of piperazine rings is 1. The quantitative estimate of drug-likeness (QED) is 0.521. The maximum atomic E-state index is 13.0. The van der Waals surface area contributed by atoms with Crippen LogP contribution in [0.1, 0.15) is 39.5 Å². The number of ether oxygens (including phenoxy) is 2. The highest BCUT2D eigenvalue weighted by atomic mass is 35.5. The van der Waals surface area contributed by atoms with Crippen molar-refractivity contribution in [2.45, 2.75) is 57.3 Å². The van der Waals surface area contributed by atoms with Gasteiger partial charge in [-0.2, -0.15) is 0 Å². The predicted octanol–water partition coefficient (Wildman–Crippen LogP) is 3.99. The topological polar surface area (TPSA) is 45.3 Å². The van der Waals surface area contributed by atoms with E-state index < -0.39 is 0 Å². The van der Waals surface area contributed by atoms with Crippen LogP contribution < -0.4 is 4.90 Å². The molecule has 0 N–H and O–H groups in total. The van der Waals surface area contributed by atoms with E-state index in [2.05, 4.69) is 35.8 Å². The first-order valence-electron chi connectivity index (χ1n) is 12.0. The molecule has 3 saturated heterocycles. The molecule has 1 aromatic carbocycles. The van der Waals surface area contributed by atoms with Gasteiger partial charge >= 0.3 is 5.97 Å². The van der Waals surface area contributed by atoms with E-state index in [1.807, 2.05) is 12.1 Å². The number of esters is 1. The number of rotatable bonds is 3. The van der Waals surface area contributed by atoms with E-state index in [-0.39, 0.29) is 41.0 Å². The second kappa shape index (κ2) is 7.10. The van der Waals surface area contributed by atoms with Crippen molar-refractivity contribution in [3.63, 3.8) is 0 Å². The molecule has 168 valence electrons. The van der Waals surface area contributed by atoms with Crippen LogP contribution in [-0.4, -0.2) is 61.4 Å². The van der Waals surface area contributed by atoms with Gasteiger partial charge in [0.05, 0.1) is 12.0 Å². The lowest BCUT2D eigenvalue weighted by atomic mass is 9.53. The van der Waals surface area contributed by atoms with E-state index in [0.29, 0.717) is 5.92 Å². The number of benzene rings is 1. The molecule has 6 rings (SSSR count). The molecule has 5 fully saturated rings. The Morgan fingerprint density at radius 1 is 1.16 bits per heavy atom. The molecule has 0 amide bonds. The van der Waals surface area contributed by atoms with Gasteiger partial charge in [-0.3, -0.25) is 9.69 Å². The number of halogens is 1. The fourth-order valence-corrected chi connectivity index (χ4v) is 7.69. The summed E-state index contributed by atoms with van der Waals surface area (Å²) < 4.78 is 12.6. The molecule has 0 radical (unpaired) electrons. The van der Waals surface area contributed by atoms with Gasteiger partial charge in [-0.25, -0.2) is 0 Å². The highest BCUT2D eigenvalue weighted by molar-refractivity contribution is 6.30. The monoisotopic (exact) mass is 444 g/mol. The standard InChI is InChI=1S/C25H33ClN2O3/c1-16-4-3-9-24(2)14-20-21(22-25(16,24)31-22)19(23(29)30-20)15-27-10-12-28(13-11-27)18-7-5-17(26)6-8-18/h5-8,16,19-22H,3-4,9-15H2,1-2H3/t16-,19-,20+,21+,22-,24+,25-/m0/s1. The molecule has 0 aromatic heterocycles. The smallest absolute Gasteiger partial charge is 0.311 e. The minimum atomic E-state index is -0.0462. The molecule has 1 aromatic rings. The number of fused-ring (bicyclic) bond motifs is 2. The number of epoxide rings is 1. The zero-order valence-corrected chi connectivity index (χ0v) is 19.3. The SMILES string of the molecule is C[C@H]1CCC[C@]2(C)C[C@H]3OC(=O)[C@@H](CN4CCN(c5ccc(Cl)cc5)CC4)[C@H]3[C@@H]3O[C@@]132. The van der Waals surface area contributed by atoms with Crippen LogP contribution in [0, 0.1) is 23.2 Å². The van der Waals surface area contributed by atoms with Crippen LogP contribution in [0.15, 0.2) is 24.3 Å². The fraction of sp³-hybridized carbons (Fsp3) is 0.720. The number of hydrogen-bond donors (Lipinski definition) is 0. The molecule has 5 aliphatic rings. The van der Waals surface area contributed by atoms with Crippen molar-refractivity contribution in [2.75, 3.05) is 37.6 Å². The van der Waals surface area contributed by atoms with Gasteiger partial charge in [0.15, 0.2) is 0 Å². The third kappa shape index (κ3) is 2.99. The molecule has 3 heterocycles. The first kappa shape index (κ1) is 20.3. The first-order valence-corrected chi connectivity index (χ1v) is 12.4. The molecule has 2 saturated carbocycles. The van der Waals surface area contributed by atoms with Gasteiger partial charge in [0.1, 0.15) is 11.7 Å². The zero-order valence-electron chi connectivity index (χ0n) is 18.6. The van der Waals surface area contributed by atoms with Crippen molar-refractivity contribution in [3.8, 4) is 0 Å². The zero-order chi connectivity index (χ0) is 21.4. The molecule has 6 heteroatoms. The lowest BCUT2D eigenvalue weighted by molar-refractivity contribution is -0.146. The van der Waals surface area contributed by atoms with Crippen molar-refractivity contribution in [2.24, 2.45) is 23.2 Å². The summed E-state index contributed by atoms with van der Waals surface area (Å²) in [6.07, 6.45) is 4.94. The predicted molar refractivity (Wildman–Crippen MR) is 120 cm³/mol. The maximum Gasteiger partial charge on any atom is 0.311 e. The van der Waals surface area contributed by atoms with E-state index in [1.54, 1.807) is 0 Å². The third-order valence-electron chi connectivity index (χ3n) is 9.21. The highest BCUT2D eigenvalue weighted by Gasteiger charge is 2.78. The fourth-order valence-electron chi connectivity index (χ4n) is 7.56. The summed E-state index contributed by atoms with van der Waals surface area (Å²) in [5, 5.41) is 0.771. The normalized spacial score (nSPS) is 44.3. The molecule has 7 atom stereocenters. The number of nitrogens with zero attached hydrogens (tertiary/aromatic N) is 2. The maximum absolute atomic E-state index is 13.0. The second-order valence-electron chi connectivity index (χ2n) is 10.8. The average molecular weight is 445 g/mol. The summed E-state index contributed by atoms with van der Waals surface area (Å²) in [6.45, 7) is 9.42. The Labute approximate surface area is 190 Å². The molecule has 0 bridgehead atoms. The van der Waals surface area contributed by atoms with Crippen molar-refractivity contribution < 1.29 is 14.3 Å². The molecule has 0 unspecified atom stereocenters. The van der Waals surface area contributed by atoms with Gasteiger partial charge in [-0.05, 0) is 49.4 Å². The van der Waals surface area contributed by atoms with Crippen LogP contribution in [0.25, 0.3) is 0 Å². The van der Waals surface area contributed by atoms with E-state index in [4.69, 9.17) is 21.1 Å². The van der Waals surface area contributed by atoms with Crippen molar-refractivity contribution >= 4 is 23.3 Å². The van der Waals surface area contributed by atoms with Crippen LogP contribution >= 0.6 is 11.6 Å². The van der Waals surface area contributed by atoms with E-state index in [1.165, 1.54) is 24.9 Å².